The normalized spacial score (nSPS) is 24.0. The molecule has 2 heterocycles. The highest BCUT2D eigenvalue weighted by Gasteiger charge is 2.56. The van der Waals surface area contributed by atoms with Crippen LogP contribution in [0.25, 0.3) is 0 Å². The van der Waals surface area contributed by atoms with Crippen molar-refractivity contribution in [3.8, 4) is 0 Å². The van der Waals surface area contributed by atoms with Crippen molar-refractivity contribution in [1.29, 1.82) is 0 Å². The van der Waals surface area contributed by atoms with Crippen molar-refractivity contribution in [3.63, 3.8) is 0 Å². The van der Waals surface area contributed by atoms with Crippen molar-refractivity contribution >= 4 is 12.0 Å². The first-order valence-corrected chi connectivity index (χ1v) is 8.14. The number of piperidine rings is 1. The Hall–Kier alpha value is -1.51. The summed E-state index contributed by atoms with van der Waals surface area (Å²) < 4.78 is 45.4. The van der Waals surface area contributed by atoms with E-state index in [0.29, 0.717) is 19.3 Å². The fourth-order valence-corrected chi connectivity index (χ4v) is 3.68. The van der Waals surface area contributed by atoms with Gasteiger partial charge in [-0.25, -0.2) is 4.79 Å². The van der Waals surface area contributed by atoms with E-state index in [9.17, 15) is 22.8 Å². The number of nitrogens with one attached hydrogen (secondary N) is 1. The predicted octanol–water partition coefficient (Wildman–Crippen LogP) is 2.24. The minimum Gasteiger partial charge on any atom is -0.481 e. The number of carbonyl (C=O) groups is 2. The minimum absolute atomic E-state index is 0.0531. The lowest BCUT2D eigenvalue weighted by atomic mass is 9.66. The van der Waals surface area contributed by atoms with Gasteiger partial charge in [-0.3, -0.25) is 4.79 Å². The smallest absolute Gasteiger partial charge is 0.392 e. The molecule has 1 unspecified atom stereocenters. The number of rotatable bonds is 4. The molecule has 1 atom stereocenters. The van der Waals surface area contributed by atoms with Crippen molar-refractivity contribution < 1.29 is 32.6 Å². The first kappa shape index (κ1) is 18.8. The van der Waals surface area contributed by atoms with Gasteiger partial charge in [0.25, 0.3) is 0 Å². The second-order valence-corrected chi connectivity index (χ2v) is 6.51. The zero-order chi connectivity index (χ0) is 17.8. The quantitative estimate of drug-likeness (QED) is 0.761. The summed E-state index contributed by atoms with van der Waals surface area (Å²) in [6.07, 6.45) is -3.57. The summed E-state index contributed by atoms with van der Waals surface area (Å²) in [7, 11) is 0. The van der Waals surface area contributed by atoms with E-state index in [1.807, 2.05) is 0 Å². The number of amides is 2. The molecule has 0 aromatic carbocycles. The molecule has 1 spiro atoms. The van der Waals surface area contributed by atoms with Crippen molar-refractivity contribution in [1.82, 2.24) is 10.2 Å². The van der Waals surface area contributed by atoms with E-state index in [1.54, 1.807) is 0 Å². The number of aliphatic carboxylic acids is 1. The molecule has 0 bridgehead atoms. The van der Waals surface area contributed by atoms with Gasteiger partial charge in [0, 0.05) is 44.7 Å². The second kappa shape index (κ2) is 7.58. The van der Waals surface area contributed by atoms with E-state index >= 15 is 0 Å². The predicted molar refractivity (Wildman–Crippen MR) is 78.5 cm³/mol. The summed E-state index contributed by atoms with van der Waals surface area (Å²) >= 11 is 0. The molecule has 0 aromatic rings. The highest BCUT2D eigenvalue weighted by Crippen LogP contribution is 2.50. The molecule has 0 aromatic heterocycles. The van der Waals surface area contributed by atoms with Crippen molar-refractivity contribution in [2.45, 2.75) is 38.3 Å². The Morgan fingerprint density at radius 1 is 1.29 bits per heavy atom. The molecule has 2 saturated heterocycles. The van der Waals surface area contributed by atoms with Crippen LogP contribution in [-0.4, -0.2) is 61.0 Å². The number of carboxylic acid groups (broad SMARTS) is 1. The van der Waals surface area contributed by atoms with Crippen LogP contribution in [-0.2, 0) is 9.53 Å². The summed E-state index contributed by atoms with van der Waals surface area (Å²) in [4.78, 5) is 24.0. The highest BCUT2D eigenvalue weighted by atomic mass is 19.4. The maximum atomic E-state index is 13.4. The van der Waals surface area contributed by atoms with E-state index < -0.39 is 29.5 Å². The van der Waals surface area contributed by atoms with Crippen LogP contribution in [0.1, 0.15) is 32.1 Å². The van der Waals surface area contributed by atoms with Crippen molar-refractivity contribution in [3.05, 3.63) is 0 Å². The first-order valence-electron chi connectivity index (χ1n) is 8.14. The van der Waals surface area contributed by atoms with Gasteiger partial charge in [0.2, 0.25) is 0 Å². The molecule has 0 radical (unpaired) electrons. The average molecular weight is 352 g/mol. The van der Waals surface area contributed by atoms with Crippen LogP contribution in [0.3, 0.4) is 0 Å². The number of urea groups is 1. The topological polar surface area (TPSA) is 78.9 Å². The van der Waals surface area contributed by atoms with Crippen LogP contribution < -0.4 is 5.32 Å². The molecule has 24 heavy (non-hydrogen) atoms. The molecule has 9 heteroatoms. The Bertz CT molecular complexity index is 464. The lowest BCUT2D eigenvalue weighted by Crippen LogP contribution is -2.58. The maximum absolute atomic E-state index is 13.4. The van der Waals surface area contributed by atoms with Crippen LogP contribution in [0.5, 0.6) is 0 Å². The van der Waals surface area contributed by atoms with Crippen LogP contribution in [0.2, 0.25) is 0 Å². The third kappa shape index (κ3) is 4.52. The average Bonchev–Trinajstić information content (AvgIpc) is 2.50. The number of hydrogen-bond acceptors (Lipinski definition) is 3. The molecular weight excluding hydrogens is 329 g/mol. The first-order chi connectivity index (χ1) is 11.2. The van der Waals surface area contributed by atoms with Crippen LogP contribution in [0.15, 0.2) is 0 Å². The van der Waals surface area contributed by atoms with E-state index in [1.165, 1.54) is 4.90 Å². The Morgan fingerprint density at radius 3 is 2.54 bits per heavy atom. The standard InChI is InChI=1S/C15H23F3N2O4/c16-15(17,18)11-3-7-20(10-14(11)4-8-24-9-5-14)13(23)19-6-1-2-12(21)22/h11H,1-10H2,(H,19,23)(H,21,22). The van der Waals surface area contributed by atoms with Crippen LogP contribution in [0.4, 0.5) is 18.0 Å². The van der Waals surface area contributed by atoms with Gasteiger partial charge in [-0.15, -0.1) is 0 Å². The number of carbonyl (C=O) groups excluding carboxylic acids is 1. The van der Waals surface area contributed by atoms with Gasteiger partial charge in [0.15, 0.2) is 0 Å². The second-order valence-electron chi connectivity index (χ2n) is 6.51. The Morgan fingerprint density at radius 2 is 1.96 bits per heavy atom. The largest absolute Gasteiger partial charge is 0.481 e. The number of nitrogens with zero attached hydrogens (tertiary/aromatic N) is 1. The van der Waals surface area contributed by atoms with E-state index in [2.05, 4.69) is 5.32 Å². The van der Waals surface area contributed by atoms with Gasteiger partial charge in [0.05, 0.1) is 5.92 Å². The molecule has 2 rings (SSSR count). The van der Waals surface area contributed by atoms with Gasteiger partial charge < -0.3 is 20.1 Å². The van der Waals surface area contributed by atoms with E-state index in [-0.39, 0.29) is 45.7 Å². The fraction of sp³-hybridized carbons (Fsp3) is 0.867. The van der Waals surface area contributed by atoms with E-state index in [4.69, 9.17) is 9.84 Å². The Kier molecular flexibility index (Phi) is 5.95. The number of alkyl halides is 3. The SMILES string of the molecule is O=C(O)CCCNC(=O)N1CCC(C(F)(F)F)C2(CCOCC2)C1. The zero-order valence-electron chi connectivity index (χ0n) is 13.4. The molecule has 2 aliphatic heterocycles. The van der Waals surface area contributed by atoms with Crippen molar-refractivity contribution in [2.75, 3.05) is 32.8 Å². The van der Waals surface area contributed by atoms with Gasteiger partial charge in [0.1, 0.15) is 0 Å². The minimum atomic E-state index is -4.28. The molecule has 0 aliphatic carbocycles. The van der Waals surface area contributed by atoms with E-state index in [0.717, 1.165) is 0 Å². The summed E-state index contributed by atoms with van der Waals surface area (Å²) in [5.41, 5.74) is -0.979. The third-order valence-corrected chi connectivity index (χ3v) is 4.95. The molecular formula is C15H23F3N2O4. The summed E-state index contributed by atoms with van der Waals surface area (Å²) in [5, 5.41) is 11.2. The van der Waals surface area contributed by atoms with Crippen LogP contribution in [0, 0.1) is 11.3 Å². The number of ether oxygens (including phenoxy) is 1. The molecule has 2 N–H and O–H groups in total. The summed E-state index contributed by atoms with van der Waals surface area (Å²) in [6.45, 7) is 0.866. The number of halogens is 3. The molecule has 0 saturated carbocycles. The van der Waals surface area contributed by atoms with Gasteiger partial charge >= 0.3 is 18.2 Å². The number of hydrogen-bond donors (Lipinski definition) is 2. The fourth-order valence-electron chi connectivity index (χ4n) is 3.68. The van der Waals surface area contributed by atoms with Gasteiger partial charge in [-0.2, -0.15) is 13.2 Å². The van der Waals surface area contributed by atoms with Gasteiger partial charge in [-0.05, 0) is 25.7 Å². The van der Waals surface area contributed by atoms with Crippen LogP contribution >= 0.6 is 0 Å². The monoisotopic (exact) mass is 352 g/mol. The lowest BCUT2D eigenvalue weighted by Gasteiger charge is -2.50. The van der Waals surface area contributed by atoms with Gasteiger partial charge in [-0.1, -0.05) is 0 Å². The molecule has 2 amide bonds. The number of carboxylic acids is 1. The zero-order valence-corrected chi connectivity index (χ0v) is 13.4. The summed E-state index contributed by atoms with van der Waals surface area (Å²) in [6, 6.07) is -0.424. The Labute approximate surface area is 138 Å². The molecule has 2 fully saturated rings. The molecule has 2 aliphatic rings. The van der Waals surface area contributed by atoms with Crippen molar-refractivity contribution in [2.24, 2.45) is 11.3 Å². The molecule has 138 valence electrons. The molecule has 6 nitrogen and oxygen atoms in total. The lowest BCUT2D eigenvalue weighted by molar-refractivity contribution is -0.232. The maximum Gasteiger partial charge on any atom is 0.392 e. The third-order valence-electron chi connectivity index (χ3n) is 4.95. The number of likely N-dealkylation sites (tertiary alicyclic amines) is 1. The summed E-state index contributed by atoms with van der Waals surface area (Å²) in [5.74, 6) is -2.36. The Balaban J connectivity index is 1.97. The highest BCUT2D eigenvalue weighted by molar-refractivity contribution is 5.74.